The molecule has 0 radical (unpaired) electrons. The molecule has 60 valence electrons. The first-order valence-electron chi connectivity index (χ1n) is 3.58. The maximum absolute atomic E-state index is 5.37. The number of rotatable bonds is 2. The Balaban J connectivity index is 4.31. The minimum absolute atomic E-state index is 1.64. The highest BCUT2D eigenvalue weighted by Gasteiger charge is 2.28. The summed E-state index contributed by atoms with van der Waals surface area (Å²) < 4.78 is 3.44. The lowest BCUT2D eigenvalue weighted by molar-refractivity contribution is 1.37. The minimum atomic E-state index is -1.64. The molecule has 0 aliphatic carbocycles. The van der Waals surface area contributed by atoms with E-state index in [0.29, 0.717) is 0 Å². The number of nitrogens with one attached hydrogen (secondary N) is 1. The molecule has 0 aromatic rings. The van der Waals surface area contributed by atoms with Crippen LogP contribution in [-0.4, -0.2) is 16.5 Å². The van der Waals surface area contributed by atoms with Crippen molar-refractivity contribution in [2.24, 2.45) is 0 Å². The molecular formula is C8H15NSi2. The summed E-state index contributed by atoms with van der Waals surface area (Å²) in [5.74, 6) is 0. The molecule has 0 bridgehead atoms. The van der Waals surface area contributed by atoms with E-state index in [9.17, 15) is 0 Å². The Hall–Kier alpha value is -0.486. The van der Waals surface area contributed by atoms with Crippen LogP contribution in [0.5, 0.6) is 0 Å². The first kappa shape index (κ1) is 10.5. The van der Waals surface area contributed by atoms with Crippen LogP contribution in [0.4, 0.5) is 0 Å². The molecule has 0 heterocycles. The monoisotopic (exact) mass is 181 g/mol. The van der Waals surface area contributed by atoms with Crippen molar-refractivity contribution in [1.82, 2.24) is 4.65 Å². The molecule has 0 rings (SSSR count). The van der Waals surface area contributed by atoms with Gasteiger partial charge in [0.05, 0.1) is 0 Å². The summed E-state index contributed by atoms with van der Waals surface area (Å²) in [5.41, 5.74) is 5.60. The fourth-order valence-corrected chi connectivity index (χ4v) is 7.68. The highest BCUT2D eigenvalue weighted by Crippen LogP contribution is 2.02. The Labute approximate surface area is 71.8 Å². The first-order valence-corrected chi connectivity index (χ1v) is 9.58. The normalized spacial score (nSPS) is 11.8. The number of hydrogen-bond donors (Lipinski definition) is 1. The van der Waals surface area contributed by atoms with Gasteiger partial charge in [-0.3, -0.25) is 0 Å². The molecular weight excluding hydrogens is 166 g/mol. The topological polar surface area (TPSA) is 12.0 Å². The van der Waals surface area contributed by atoms with Crippen LogP contribution in [0.3, 0.4) is 0 Å². The molecule has 0 atom stereocenters. The third-order valence-electron chi connectivity index (χ3n) is 1.35. The lowest BCUT2D eigenvalue weighted by Crippen LogP contribution is -2.58. The summed E-state index contributed by atoms with van der Waals surface area (Å²) in [7, 11) is -3.27. The van der Waals surface area contributed by atoms with E-state index in [1.807, 2.05) is 0 Å². The molecule has 0 saturated carbocycles. The van der Waals surface area contributed by atoms with Gasteiger partial charge in [0.2, 0.25) is 0 Å². The van der Waals surface area contributed by atoms with E-state index in [2.05, 4.69) is 41.9 Å². The van der Waals surface area contributed by atoms with Gasteiger partial charge in [0.25, 0.3) is 0 Å². The summed E-state index contributed by atoms with van der Waals surface area (Å²) in [6.07, 6.45) is 10.7. The second-order valence-corrected chi connectivity index (χ2v) is 11.7. The van der Waals surface area contributed by atoms with Crippen LogP contribution >= 0.6 is 0 Å². The second-order valence-electron chi connectivity index (χ2n) is 3.66. The average Bonchev–Trinajstić information content (AvgIpc) is 1.86. The predicted molar refractivity (Wildman–Crippen MR) is 55.8 cm³/mol. The van der Waals surface area contributed by atoms with Crippen LogP contribution in [0.1, 0.15) is 0 Å². The maximum Gasteiger partial charge on any atom is 0.195 e. The van der Waals surface area contributed by atoms with E-state index in [4.69, 9.17) is 12.8 Å². The van der Waals surface area contributed by atoms with Crippen LogP contribution in [0, 0.1) is 23.9 Å². The van der Waals surface area contributed by atoms with E-state index >= 15 is 0 Å². The quantitative estimate of drug-likeness (QED) is 0.501. The van der Waals surface area contributed by atoms with Crippen molar-refractivity contribution in [3.63, 3.8) is 0 Å². The van der Waals surface area contributed by atoms with Gasteiger partial charge in [0.15, 0.2) is 16.5 Å². The smallest absolute Gasteiger partial charge is 0.195 e. The minimum Gasteiger partial charge on any atom is -0.340 e. The van der Waals surface area contributed by atoms with E-state index in [1.165, 1.54) is 0 Å². The number of terminal acetylenes is 2. The molecule has 0 saturated heterocycles. The maximum atomic E-state index is 5.37. The van der Waals surface area contributed by atoms with Crippen molar-refractivity contribution in [2.75, 3.05) is 0 Å². The molecule has 1 nitrogen and oxygen atoms in total. The lowest BCUT2D eigenvalue weighted by atomic mass is 11.4. The molecule has 0 fully saturated rings. The Morgan fingerprint density at radius 3 is 1.36 bits per heavy atom. The lowest BCUT2D eigenvalue weighted by Gasteiger charge is -2.25. The summed E-state index contributed by atoms with van der Waals surface area (Å²) in [4.78, 5) is 0. The van der Waals surface area contributed by atoms with Gasteiger partial charge in [0, 0.05) is 0 Å². The van der Waals surface area contributed by atoms with Gasteiger partial charge in [-0.05, 0) is 26.2 Å². The zero-order chi connectivity index (χ0) is 9.12. The van der Waals surface area contributed by atoms with Gasteiger partial charge in [-0.2, -0.15) is 0 Å². The van der Waals surface area contributed by atoms with Crippen LogP contribution in [-0.2, 0) is 0 Å². The van der Waals surface area contributed by atoms with Gasteiger partial charge in [-0.25, -0.2) is 0 Å². The van der Waals surface area contributed by atoms with E-state index < -0.39 is 16.5 Å². The Morgan fingerprint density at radius 1 is 0.909 bits per heavy atom. The van der Waals surface area contributed by atoms with Gasteiger partial charge >= 0.3 is 0 Å². The molecule has 1 N–H and O–H groups in total. The third kappa shape index (κ3) is 4.05. The highest BCUT2D eigenvalue weighted by molar-refractivity contribution is 6.98. The Bertz CT molecular complexity index is 193. The van der Waals surface area contributed by atoms with Crippen molar-refractivity contribution < 1.29 is 0 Å². The van der Waals surface area contributed by atoms with Gasteiger partial charge < -0.3 is 4.65 Å². The third-order valence-corrected chi connectivity index (χ3v) is 7.79. The highest BCUT2D eigenvalue weighted by atomic mass is 28.4. The molecule has 0 aromatic carbocycles. The van der Waals surface area contributed by atoms with E-state index in [0.717, 1.165) is 0 Å². The predicted octanol–water partition coefficient (Wildman–Crippen LogP) is 1.33. The van der Waals surface area contributed by atoms with Gasteiger partial charge in [-0.15, -0.1) is 23.9 Å². The van der Waals surface area contributed by atoms with Crippen molar-refractivity contribution in [2.45, 2.75) is 26.2 Å². The molecule has 3 heteroatoms. The van der Waals surface area contributed by atoms with Gasteiger partial charge in [-0.1, -0.05) is 0 Å². The average molecular weight is 181 g/mol. The number of hydrogen-bond acceptors (Lipinski definition) is 1. The van der Waals surface area contributed by atoms with Crippen LogP contribution in [0.2, 0.25) is 26.2 Å². The largest absolute Gasteiger partial charge is 0.340 e. The van der Waals surface area contributed by atoms with Crippen molar-refractivity contribution >= 4 is 16.5 Å². The van der Waals surface area contributed by atoms with Crippen LogP contribution in [0.25, 0.3) is 0 Å². The first-order chi connectivity index (χ1) is 4.83. The molecule has 0 aliphatic rings. The molecule has 0 amide bonds. The van der Waals surface area contributed by atoms with E-state index in [-0.39, 0.29) is 0 Å². The molecule has 0 aliphatic heterocycles. The summed E-state index contributed by atoms with van der Waals surface area (Å²) in [5, 5.41) is 0. The zero-order valence-corrected chi connectivity index (χ0v) is 9.65. The zero-order valence-electron chi connectivity index (χ0n) is 7.65. The van der Waals surface area contributed by atoms with E-state index in [1.54, 1.807) is 0 Å². The van der Waals surface area contributed by atoms with Crippen LogP contribution < -0.4 is 4.65 Å². The fraction of sp³-hybridized carbons (Fsp3) is 0.500. The summed E-state index contributed by atoms with van der Waals surface area (Å²) >= 11 is 0. The standard InChI is InChI=1S/C8H15NSi2/c1-7-10(3,4)9-11(5,6)8-2/h1-2,9H,3-6H3. The molecule has 11 heavy (non-hydrogen) atoms. The molecule has 0 spiro atoms. The Morgan fingerprint density at radius 2 is 1.18 bits per heavy atom. The molecule has 0 unspecified atom stereocenters. The van der Waals surface area contributed by atoms with Crippen molar-refractivity contribution in [1.29, 1.82) is 0 Å². The van der Waals surface area contributed by atoms with Crippen LogP contribution in [0.15, 0.2) is 0 Å². The van der Waals surface area contributed by atoms with Crippen molar-refractivity contribution in [3.8, 4) is 23.9 Å². The molecule has 0 aromatic heterocycles. The Kier molecular flexibility index (Phi) is 3.13. The summed E-state index contributed by atoms with van der Waals surface area (Å²) in [6, 6.07) is 0. The summed E-state index contributed by atoms with van der Waals surface area (Å²) in [6.45, 7) is 8.39. The van der Waals surface area contributed by atoms with Gasteiger partial charge in [0.1, 0.15) is 0 Å². The fourth-order valence-electron chi connectivity index (χ4n) is 0.853. The second kappa shape index (κ2) is 3.27. The van der Waals surface area contributed by atoms with Crippen molar-refractivity contribution in [3.05, 3.63) is 0 Å². The SMILES string of the molecule is C#C[Si](C)(C)N[Si](C)(C)C#C.